The average Bonchev–Trinajstić information content (AvgIpc) is 2.59. The molecule has 0 aliphatic rings. The molecule has 0 radical (unpaired) electrons. The third-order valence-electron chi connectivity index (χ3n) is 3.60. The van der Waals surface area contributed by atoms with E-state index in [-0.39, 0.29) is 18.4 Å². The second kappa shape index (κ2) is 8.96. The molecule has 2 rings (SSSR count). The Labute approximate surface area is 137 Å². The van der Waals surface area contributed by atoms with Crippen molar-refractivity contribution in [1.29, 1.82) is 0 Å². The van der Waals surface area contributed by atoms with Crippen LogP contribution in [0.2, 0.25) is 0 Å². The van der Waals surface area contributed by atoms with E-state index < -0.39 is 0 Å². The zero-order valence-corrected chi connectivity index (χ0v) is 13.4. The largest absolute Gasteiger partial charge is 0.489 e. The van der Waals surface area contributed by atoms with Crippen molar-refractivity contribution in [1.82, 2.24) is 5.32 Å². The van der Waals surface area contributed by atoms with E-state index >= 15 is 0 Å². The molecule has 2 aromatic carbocycles. The molecule has 0 saturated heterocycles. The highest BCUT2D eigenvalue weighted by Crippen LogP contribution is 2.12. The second-order valence-corrected chi connectivity index (χ2v) is 5.63. The zero-order valence-electron chi connectivity index (χ0n) is 13.4. The second-order valence-electron chi connectivity index (χ2n) is 5.63. The van der Waals surface area contributed by atoms with Crippen LogP contribution in [0.4, 0.5) is 0 Å². The molecule has 0 aliphatic heterocycles. The summed E-state index contributed by atoms with van der Waals surface area (Å²) in [6.45, 7) is 3.19. The molecule has 2 aromatic rings. The van der Waals surface area contributed by atoms with Gasteiger partial charge in [-0.25, -0.2) is 0 Å². The minimum Gasteiger partial charge on any atom is -0.489 e. The fourth-order valence-corrected chi connectivity index (χ4v) is 2.13. The molecule has 0 spiro atoms. The Morgan fingerprint density at radius 1 is 1.13 bits per heavy atom. The lowest BCUT2D eigenvalue weighted by molar-refractivity contribution is 0.0945. The number of benzene rings is 2. The molecule has 2 N–H and O–H groups in total. The van der Waals surface area contributed by atoms with Gasteiger partial charge in [-0.05, 0) is 42.2 Å². The summed E-state index contributed by atoms with van der Waals surface area (Å²) in [5.74, 6) is 1.00. The summed E-state index contributed by atoms with van der Waals surface area (Å²) in [5.41, 5.74) is 1.64. The number of ether oxygens (including phenoxy) is 1. The van der Waals surface area contributed by atoms with Crippen molar-refractivity contribution in [2.24, 2.45) is 5.92 Å². The van der Waals surface area contributed by atoms with Crippen LogP contribution < -0.4 is 10.1 Å². The van der Waals surface area contributed by atoms with E-state index in [2.05, 4.69) is 5.32 Å². The molecule has 1 amide bonds. The Bertz CT molecular complexity index is 596. The van der Waals surface area contributed by atoms with Gasteiger partial charge in [-0.15, -0.1) is 0 Å². The van der Waals surface area contributed by atoms with Gasteiger partial charge in [0, 0.05) is 18.7 Å². The SMILES string of the molecule is CC(CCO)CNC(=O)c1ccc(COc2ccccc2)cc1. The normalized spacial score (nSPS) is 11.7. The maximum Gasteiger partial charge on any atom is 0.251 e. The van der Waals surface area contributed by atoms with Crippen LogP contribution in [0.25, 0.3) is 0 Å². The molecule has 0 aliphatic carbocycles. The summed E-state index contributed by atoms with van der Waals surface area (Å²) < 4.78 is 5.67. The van der Waals surface area contributed by atoms with Crippen LogP contribution in [-0.2, 0) is 6.61 Å². The Morgan fingerprint density at radius 3 is 2.48 bits per heavy atom. The lowest BCUT2D eigenvalue weighted by Gasteiger charge is -2.11. The van der Waals surface area contributed by atoms with Crippen LogP contribution in [0.5, 0.6) is 5.75 Å². The smallest absolute Gasteiger partial charge is 0.251 e. The van der Waals surface area contributed by atoms with Gasteiger partial charge in [-0.1, -0.05) is 37.3 Å². The van der Waals surface area contributed by atoms with Gasteiger partial charge in [0.05, 0.1) is 0 Å². The molecule has 23 heavy (non-hydrogen) atoms. The lowest BCUT2D eigenvalue weighted by Crippen LogP contribution is -2.28. The van der Waals surface area contributed by atoms with Crippen LogP contribution in [-0.4, -0.2) is 24.2 Å². The first-order chi connectivity index (χ1) is 11.2. The maximum atomic E-state index is 12.0. The van der Waals surface area contributed by atoms with Crippen molar-refractivity contribution in [3.05, 3.63) is 65.7 Å². The summed E-state index contributed by atoms with van der Waals surface area (Å²) in [6, 6.07) is 17.0. The van der Waals surface area contributed by atoms with Crippen molar-refractivity contribution in [3.63, 3.8) is 0 Å². The molecular formula is C19H23NO3. The first-order valence-corrected chi connectivity index (χ1v) is 7.85. The quantitative estimate of drug-likeness (QED) is 0.787. The van der Waals surface area contributed by atoms with Crippen LogP contribution in [0.15, 0.2) is 54.6 Å². The van der Waals surface area contributed by atoms with E-state index in [1.807, 2.05) is 49.4 Å². The highest BCUT2D eigenvalue weighted by molar-refractivity contribution is 5.94. The number of nitrogens with one attached hydrogen (secondary N) is 1. The molecule has 0 fully saturated rings. The van der Waals surface area contributed by atoms with Gasteiger partial charge in [0.2, 0.25) is 0 Å². The highest BCUT2D eigenvalue weighted by atomic mass is 16.5. The summed E-state index contributed by atoms with van der Waals surface area (Å²) >= 11 is 0. The summed E-state index contributed by atoms with van der Waals surface area (Å²) in [7, 11) is 0. The Morgan fingerprint density at radius 2 is 1.83 bits per heavy atom. The minimum absolute atomic E-state index is 0.0923. The topological polar surface area (TPSA) is 58.6 Å². The van der Waals surface area contributed by atoms with E-state index in [1.54, 1.807) is 12.1 Å². The molecule has 1 unspecified atom stereocenters. The summed E-state index contributed by atoms with van der Waals surface area (Å²) in [6.07, 6.45) is 0.691. The fraction of sp³-hybridized carbons (Fsp3) is 0.316. The average molecular weight is 313 g/mol. The molecular weight excluding hydrogens is 290 g/mol. The van der Waals surface area contributed by atoms with Gasteiger partial charge >= 0.3 is 0 Å². The summed E-state index contributed by atoms with van der Waals surface area (Å²) in [4.78, 5) is 12.0. The van der Waals surface area contributed by atoms with Gasteiger partial charge in [-0.2, -0.15) is 0 Å². The number of para-hydroxylation sites is 1. The van der Waals surface area contributed by atoms with Gasteiger partial charge in [0.15, 0.2) is 0 Å². The van der Waals surface area contributed by atoms with Crippen molar-refractivity contribution in [2.75, 3.05) is 13.2 Å². The van der Waals surface area contributed by atoms with Gasteiger partial charge in [0.25, 0.3) is 5.91 Å². The van der Waals surface area contributed by atoms with E-state index in [0.29, 0.717) is 25.1 Å². The molecule has 122 valence electrons. The molecule has 0 aromatic heterocycles. The van der Waals surface area contributed by atoms with Crippen molar-refractivity contribution < 1.29 is 14.6 Å². The number of amides is 1. The van der Waals surface area contributed by atoms with Crippen LogP contribution in [0.1, 0.15) is 29.3 Å². The van der Waals surface area contributed by atoms with Gasteiger partial charge in [-0.3, -0.25) is 4.79 Å². The third kappa shape index (κ3) is 5.75. The lowest BCUT2D eigenvalue weighted by atomic mass is 10.1. The van der Waals surface area contributed by atoms with Crippen molar-refractivity contribution in [2.45, 2.75) is 20.0 Å². The van der Waals surface area contributed by atoms with Crippen molar-refractivity contribution >= 4 is 5.91 Å². The molecule has 4 heteroatoms. The van der Waals surface area contributed by atoms with Crippen molar-refractivity contribution in [3.8, 4) is 5.75 Å². The number of carbonyl (C=O) groups is 1. The predicted molar refractivity (Wildman–Crippen MR) is 90.4 cm³/mol. The minimum atomic E-state index is -0.0923. The Kier molecular flexibility index (Phi) is 6.63. The summed E-state index contributed by atoms with van der Waals surface area (Å²) in [5, 5.41) is 11.7. The third-order valence-corrected chi connectivity index (χ3v) is 3.60. The number of hydrogen-bond donors (Lipinski definition) is 2. The molecule has 0 saturated carbocycles. The maximum absolute atomic E-state index is 12.0. The zero-order chi connectivity index (χ0) is 16.5. The van der Waals surface area contributed by atoms with Gasteiger partial charge < -0.3 is 15.2 Å². The fourth-order valence-electron chi connectivity index (χ4n) is 2.13. The van der Waals surface area contributed by atoms with E-state index in [0.717, 1.165) is 11.3 Å². The molecule has 0 bridgehead atoms. The van der Waals surface area contributed by atoms with Crippen LogP contribution >= 0.6 is 0 Å². The van der Waals surface area contributed by atoms with E-state index in [1.165, 1.54) is 0 Å². The van der Waals surface area contributed by atoms with Gasteiger partial charge in [0.1, 0.15) is 12.4 Å². The van der Waals surface area contributed by atoms with E-state index in [4.69, 9.17) is 9.84 Å². The number of rotatable bonds is 8. The first-order valence-electron chi connectivity index (χ1n) is 7.85. The predicted octanol–water partition coefficient (Wildman–Crippen LogP) is 3.01. The molecule has 4 nitrogen and oxygen atoms in total. The van der Waals surface area contributed by atoms with Crippen LogP contribution in [0, 0.1) is 5.92 Å². The van der Waals surface area contributed by atoms with E-state index in [9.17, 15) is 4.79 Å². The number of carbonyl (C=O) groups excluding carboxylic acids is 1. The van der Waals surface area contributed by atoms with Crippen LogP contribution in [0.3, 0.4) is 0 Å². The Balaban J connectivity index is 1.82. The standard InChI is InChI=1S/C19H23NO3/c1-15(11-12-21)13-20-19(22)17-9-7-16(8-10-17)14-23-18-5-3-2-4-6-18/h2-10,15,21H,11-14H2,1H3,(H,20,22). The number of hydrogen-bond acceptors (Lipinski definition) is 3. The highest BCUT2D eigenvalue weighted by Gasteiger charge is 2.07. The first kappa shape index (κ1) is 17.0. The molecule has 1 atom stereocenters. The molecule has 0 heterocycles. The Hall–Kier alpha value is -2.33. The monoisotopic (exact) mass is 313 g/mol. The number of aliphatic hydroxyl groups excluding tert-OH is 1. The number of aliphatic hydroxyl groups is 1.